The van der Waals surface area contributed by atoms with Gasteiger partial charge in [-0.2, -0.15) is 0 Å². The fourth-order valence-electron chi connectivity index (χ4n) is 6.01. The van der Waals surface area contributed by atoms with Crippen LogP contribution in [0.25, 0.3) is 0 Å². The lowest BCUT2D eigenvalue weighted by Gasteiger charge is -2.08. The van der Waals surface area contributed by atoms with E-state index in [2.05, 4.69) is 44.2 Å². The van der Waals surface area contributed by atoms with Crippen LogP contribution in [-0.4, -0.2) is 16.5 Å². The second-order valence-electron chi connectivity index (χ2n) is 13.4. The van der Waals surface area contributed by atoms with Crippen LogP contribution in [0.3, 0.4) is 0 Å². The molecule has 0 unspecified atom stereocenters. The SMILES string of the molecule is CCCCCCCC/C=C\CCCCCCCC(=O)c1[c]c([N+](=O)[O-])ccc1C(=O)CCCCCCC/C=C\CCCCCCCC. The number of nitro benzene ring substituents is 1. The first-order valence-corrected chi connectivity index (χ1v) is 19.6. The smallest absolute Gasteiger partial charge is 0.278 e. The lowest BCUT2D eigenvalue weighted by Crippen LogP contribution is -2.10. The number of allylic oxidation sites excluding steroid dienone is 4. The van der Waals surface area contributed by atoms with Gasteiger partial charge >= 0.3 is 0 Å². The van der Waals surface area contributed by atoms with Crippen molar-refractivity contribution in [2.75, 3.05) is 0 Å². The lowest BCUT2D eigenvalue weighted by atomic mass is 9.94. The Labute approximate surface area is 288 Å². The Hall–Kier alpha value is -2.56. The minimum atomic E-state index is -0.545. The maximum absolute atomic E-state index is 13.1. The van der Waals surface area contributed by atoms with E-state index in [0.29, 0.717) is 18.4 Å². The maximum atomic E-state index is 13.1. The number of carbonyl (C=O) groups excluding carboxylic acids is 2. The Bertz CT molecular complexity index is 1010. The van der Waals surface area contributed by atoms with E-state index in [1.807, 2.05) is 0 Å². The molecule has 0 aliphatic heterocycles. The quantitative estimate of drug-likeness (QED) is 0.0249. The van der Waals surface area contributed by atoms with Crippen LogP contribution in [0.4, 0.5) is 5.69 Å². The summed E-state index contributed by atoms with van der Waals surface area (Å²) in [5.41, 5.74) is 0.145. The molecule has 1 rings (SSSR count). The summed E-state index contributed by atoms with van der Waals surface area (Å²) in [5, 5.41) is 11.4. The van der Waals surface area contributed by atoms with E-state index in [1.54, 1.807) is 0 Å². The monoisotopic (exact) mass is 651 g/mol. The molecule has 5 nitrogen and oxygen atoms in total. The minimum absolute atomic E-state index is 0.104. The average Bonchev–Trinajstić information content (AvgIpc) is 3.07. The van der Waals surface area contributed by atoms with Gasteiger partial charge in [0.25, 0.3) is 5.69 Å². The summed E-state index contributed by atoms with van der Waals surface area (Å²) >= 11 is 0. The summed E-state index contributed by atoms with van der Waals surface area (Å²) in [6.45, 7) is 4.50. The third-order valence-corrected chi connectivity index (χ3v) is 9.04. The molecule has 0 spiro atoms. The van der Waals surface area contributed by atoms with Crippen molar-refractivity contribution in [1.82, 2.24) is 0 Å². The van der Waals surface area contributed by atoms with Crippen LogP contribution in [0.1, 0.15) is 214 Å². The Balaban J connectivity index is 2.27. The Morgan fingerprint density at radius 3 is 1.32 bits per heavy atom. The number of ketones is 2. The van der Waals surface area contributed by atoms with Crippen molar-refractivity contribution in [3.05, 3.63) is 63.7 Å². The molecule has 0 fully saturated rings. The molecule has 0 aliphatic carbocycles. The predicted molar refractivity (Wildman–Crippen MR) is 199 cm³/mol. The molecule has 0 aliphatic rings. The maximum Gasteiger partial charge on any atom is 0.278 e. The van der Waals surface area contributed by atoms with E-state index in [4.69, 9.17) is 0 Å². The zero-order valence-corrected chi connectivity index (χ0v) is 30.3. The van der Waals surface area contributed by atoms with Gasteiger partial charge in [0.2, 0.25) is 0 Å². The highest BCUT2D eigenvalue weighted by atomic mass is 16.6. The zero-order chi connectivity index (χ0) is 34.2. The van der Waals surface area contributed by atoms with Crippen molar-refractivity contribution in [3.63, 3.8) is 0 Å². The molecule has 0 saturated carbocycles. The number of non-ortho nitro benzene ring substituents is 1. The number of hydrogen-bond acceptors (Lipinski definition) is 4. The zero-order valence-electron chi connectivity index (χ0n) is 30.3. The van der Waals surface area contributed by atoms with Gasteiger partial charge in [-0.1, -0.05) is 141 Å². The minimum Gasteiger partial charge on any atom is -0.294 e. The predicted octanol–water partition coefficient (Wildman–Crippen LogP) is 13.8. The largest absolute Gasteiger partial charge is 0.294 e. The molecule has 0 aromatic heterocycles. The molecule has 0 atom stereocenters. The molecule has 47 heavy (non-hydrogen) atoms. The molecule has 1 aromatic carbocycles. The number of Topliss-reactive ketones (excluding diaryl/α,β-unsaturated/α-hetero) is 2. The molecular weight excluding hydrogens is 582 g/mol. The molecular formula is C42H68NO4. The third-order valence-electron chi connectivity index (χ3n) is 9.04. The van der Waals surface area contributed by atoms with Crippen LogP contribution in [0.15, 0.2) is 36.4 Å². The highest BCUT2D eigenvalue weighted by molar-refractivity contribution is 6.09. The molecule has 5 heteroatoms. The fourth-order valence-corrected chi connectivity index (χ4v) is 6.01. The standard InChI is InChI=1S/C42H68NO4/c1-3-5-7-9-11-13-15-17-19-21-23-25-27-29-31-33-41(44)39-36-35-38(43(46)47)37-40(39)42(45)34-32-30-28-26-24-22-20-18-16-14-12-10-8-6-4-2/h17-20,35-36H,3-16,21-34H2,1-2H3/b19-17-,20-18-. The fraction of sp³-hybridized carbons (Fsp3) is 0.714. The van der Waals surface area contributed by atoms with E-state index in [0.717, 1.165) is 70.6 Å². The Kier molecular flexibility index (Phi) is 27.8. The third kappa shape index (κ3) is 23.4. The van der Waals surface area contributed by atoms with Gasteiger partial charge in [0.1, 0.15) is 0 Å². The van der Waals surface area contributed by atoms with Crippen molar-refractivity contribution in [1.29, 1.82) is 0 Å². The summed E-state index contributed by atoms with van der Waals surface area (Å²) in [6, 6.07) is 5.42. The van der Waals surface area contributed by atoms with E-state index < -0.39 is 4.92 Å². The number of nitro groups is 1. The lowest BCUT2D eigenvalue weighted by molar-refractivity contribution is -0.385. The van der Waals surface area contributed by atoms with Gasteiger partial charge in [-0.05, 0) is 70.3 Å². The van der Waals surface area contributed by atoms with Crippen molar-refractivity contribution in [3.8, 4) is 0 Å². The van der Waals surface area contributed by atoms with E-state index >= 15 is 0 Å². The van der Waals surface area contributed by atoms with E-state index in [1.165, 1.54) is 108 Å². The Morgan fingerprint density at radius 2 is 0.915 bits per heavy atom. The van der Waals surface area contributed by atoms with E-state index in [9.17, 15) is 19.7 Å². The van der Waals surface area contributed by atoms with Gasteiger partial charge in [0.05, 0.1) is 11.0 Å². The molecule has 265 valence electrons. The van der Waals surface area contributed by atoms with Crippen molar-refractivity contribution < 1.29 is 14.5 Å². The Morgan fingerprint density at radius 1 is 0.553 bits per heavy atom. The van der Waals surface area contributed by atoms with Crippen LogP contribution in [0, 0.1) is 16.2 Å². The number of benzene rings is 1. The first-order chi connectivity index (χ1) is 23.0. The first kappa shape index (κ1) is 42.5. The van der Waals surface area contributed by atoms with Gasteiger partial charge in [0.15, 0.2) is 11.6 Å². The first-order valence-electron chi connectivity index (χ1n) is 19.6. The van der Waals surface area contributed by atoms with Crippen molar-refractivity contribution in [2.45, 2.75) is 194 Å². The average molecular weight is 651 g/mol. The number of nitrogens with zero attached hydrogens (tertiary/aromatic N) is 1. The number of hydrogen-bond donors (Lipinski definition) is 0. The van der Waals surface area contributed by atoms with E-state index in [-0.39, 0.29) is 22.8 Å². The molecule has 1 radical (unpaired) electrons. The molecule has 0 amide bonds. The van der Waals surface area contributed by atoms with Gasteiger partial charge in [-0.15, -0.1) is 0 Å². The van der Waals surface area contributed by atoms with Gasteiger partial charge in [-0.25, -0.2) is 0 Å². The van der Waals surface area contributed by atoms with Crippen LogP contribution < -0.4 is 0 Å². The molecule has 1 aromatic rings. The van der Waals surface area contributed by atoms with Crippen molar-refractivity contribution in [2.24, 2.45) is 0 Å². The summed E-state index contributed by atoms with van der Waals surface area (Å²) in [7, 11) is 0. The number of carbonyl (C=O) groups is 2. The second-order valence-corrected chi connectivity index (χ2v) is 13.4. The van der Waals surface area contributed by atoms with Gasteiger partial charge in [0, 0.05) is 30.0 Å². The summed E-state index contributed by atoms with van der Waals surface area (Å²) in [4.78, 5) is 36.9. The van der Waals surface area contributed by atoms with Crippen molar-refractivity contribution >= 4 is 17.3 Å². The van der Waals surface area contributed by atoms with Crippen LogP contribution in [0.2, 0.25) is 0 Å². The van der Waals surface area contributed by atoms with Gasteiger partial charge in [-0.3, -0.25) is 19.7 Å². The second kappa shape index (κ2) is 30.8. The van der Waals surface area contributed by atoms with Gasteiger partial charge < -0.3 is 0 Å². The summed E-state index contributed by atoms with van der Waals surface area (Å²) in [5.74, 6) is -0.319. The topological polar surface area (TPSA) is 77.3 Å². The highest BCUT2D eigenvalue weighted by Gasteiger charge is 2.21. The van der Waals surface area contributed by atoms with Crippen LogP contribution >= 0.6 is 0 Å². The number of rotatable bonds is 33. The van der Waals surface area contributed by atoms with Crippen LogP contribution in [-0.2, 0) is 0 Å². The summed E-state index contributed by atoms with van der Waals surface area (Å²) in [6.07, 6.45) is 40.8. The van der Waals surface area contributed by atoms with Crippen LogP contribution in [0.5, 0.6) is 0 Å². The summed E-state index contributed by atoms with van der Waals surface area (Å²) < 4.78 is 0. The number of unbranched alkanes of at least 4 members (excludes halogenated alkanes) is 22. The molecule has 0 bridgehead atoms. The molecule has 0 heterocycles. The molecule has 0 saturated heterocycles. The highest BCUT2D eigenvalue weighted by Crippen LogP contribution is 2.22. The molecule has 0 N–H and O–H groups in total. The normalized spacial score (nSPS) is 11.6.